The Hall–Kier alpha value is -1.13. The number of anilines is 1. The molecule has 1 fully saturated rings. The number of pyridine rings is 1. The predicted molar refractivity (Wildman–Crippen MR) is 63.4 cm³/mol. The zero-order valence-electron chi connectivity index (χ0n) is 9.03. The fraction of sp³-hybridized carbons (Fsp3) is 0.455. The third-order valence-corrected chi connectivity index (χ3v) is 3.14. The highest BCUT2D eigenvalue weighted by molar-refractivity contribution is 6.30. The van der Waals surface area contributed by atoms with Gasteiger partial charge in [-0.2, -0.15) is 0 Å². The van der Waals surface area contributed by atoms with Crippen LogP contribution in [0, 0.1) is 11.8 Å². The van der Waals surface area contributed by atoms with Crippen molar-refractivity contribution in [1.29, 1.82) is 0 Å². The number of nitrogens with one attached hydrogen (secondary N) is 2. The van der Waals surface area contributed by atoms with Gasteiger partial charge in [-0.25, -0.2) is 4.98 Å². The number of carbonyl (C=O) groups excluding carboxylic acids is 1. The highest BCUT2D eigenvalue weighted by Crippen LogP contribution is 2.18. The Balaban J connectivity index is 1.93. The fourth-order valence-electron chi connectivity index (χ4n) is 1.57. The molecule has 2 N–H and O–H groups in total. The monoisotopic (exact) mass is 239 g/mol. The van der Waals surface area contributed by atoms with Gasteiger partial charge in [-0.1, -0.05) is 18.5 Å². The molecule has 4 nitrogen and oxygen atoms in total. The molecule has 2 rings (SSSR count). The molecule has 0 saturated carbocycles. The van der Waals surface area contributed by atoms with E-state index in [2.05, 4.69) is 15.6 Å². The Bertz CT molecular complexity index is 375. The van der Waals surface area contributed by atoms with Gasteiger partial charge in [0.05, 0.1) is 5.02 Å². The zero-order chi connectivity index (χ0) is 11.5. The van der Waals surface area contributed by atoms with Crippen molar-refractivity contribution in [2.45, 2.75) is 6.92 Å². The molecule has 0 bridgehead atoms. The Kier molecular flexibility index (Phi) is 3.41. The van der Waals surface area contributed by atoms with E-state index in [0.717, 1.165) is 13.1 Å². The average Bonchev–Trinajstić information content (AvgIpc) is 2.19. The lowest BCUT2D eigenvalue weighted by atomic mass is 9.88. The van der Waals surface area contributed by atoms with Crippen LogP contribution in [0.1, 0.15) is 6.92 Å². The fourth-order valence-corrected chi connectivity index (χ4v) is 1.68. The van der Waals surface area contributed by atoms with E-state index < -0.39 is 0 Å². The summed E-state index contributed by atoms with van der Waals surface area (Å²) in [6, 6.07) is 3.41. The number of nitrogens with zero attached hydrogens (tertiary/aromatic N) is 1. The molecule has 0 radical (unpaired) electrons. The predicted octanol–water partition coefficient (Wildman–Crippen LogP) is 1.53. The first kappa shape index (κ1) is 11.4. The van der Waals surface area contributed by atoms with Gasteiger partial charge in [-0.3, -0.25) is 4.79 Å². The normalized spacial score (nSPS) is 17.6. The number of hydrogen-bond acceptors (Lipinski definition) is 3. The van der Waals surface area contributed by atoms with Gasteiger partial charge in [-0.05, 0) is 31.1 Å². The first-order valence-corrected chi connectivity index (χ1v) is 5.68. The molecule has 1 amide bonds. The van der Waals surface area contributed by atoms with Crippen molar-refractivity contribution >= 4 is 23.3 Å². The number of amides is 1. The maximum atomic E-state index is 11.8. The first-order chi connectivity index (χ1) is 7.66. The topological polar surface area (TPSA) is 54.0 Å². The van der Waals surface area contributed by atoms with Gasteiger partial charge >= 0.3 is 0 Å². The summed E-state index contributed by atoms with van der Waals surface area (Å²) in [7, 11) is 0. The molecule has 86 valence electrons. The standard InChI is InChI=1S/C11H14ClN3O/c1-7(8-4-13-5-8)11(16)15-10-3-2-9(12)6-14-10/h2-3,6-8,13H,4-5H2,1H3,(H,14,15,16). The Morgan fingerprint density at radius 3 is 2.88 bits per heavy atom. The lowest BCUT2D eigenvalue weighted by Gasteiger charge is -2.31. The highest BCUT2D eigenvalue weighted by Gasteiger charge is 2.28. The van der Waals surface area contributed by atoms with Crippen LogP contribution in [-0.4, -0.2) is 24.0 Å². The molecule has 1 aliphatic heterocycles. The number of hydrogen-bond donors (Lipinski definition) is 2. The number of carbonyl (C=O) groups is 1. The summed E-state index contributed by atoms with van der Waals surface area (Å²) in [6.07, 6.45) is 1.52. The smallest absolute Gasteiger partial charge is 0.228 e. The summed E-state index contributed by atoms with van der Waals surface area (Å²) in [4.78, 5) is 15.8. The van der Waals surface area contributed by atoms with Crippen molar-refractivity contribution < 1.29 is 4.79 Å². The van der Waals surface area contributed by atoms with Crippen molar-refractivity contribution in [3.63, 3.8) is 0 Å². The Labute approximate surface area is 99.4 Å². The molecule has 0 aliphatic carbocycles. The molecule has 1 aromatic rings. The maximum absolute atomic E-state index is 11.8. The third-order valence-electron chi connectivity index (χ3n) is 2.91. The first-order valence-electron chi connectivity index (χ1n) is 5.30. The summed E-state index contributed by atoms with van der Waals surface area (Å²) in [5.74, 6) is 1.01. The van der Waals surface area contributed by atoms with Crippen LogP contribution in [0.3, 0.4) is 0 Å². The third kappa shape index (κ3) is 2.51. The van der Waals surface area contributed by atoms with Gasteiger partial charge in [0.15, 0.2) is 0 Å². The molecular formula is C11H14ClN3O. The molecule has 5 heteroatoms. The van der Waals surface area contributed by atoms with Gasteiger partial charge in [-0.15, -0.1) is 0 Å². The molecule has 1 atom stereocenters. The summed E-state index contributed by atoms with van der Waals surface area (Å²) in [5.41, 5.74) is 0. The van der Waals surface area contributed by atoms with E-state index in [-0.39, 0.29) is 11.8 Å². The molecule has 16 heavy (non-hydrogen) atoms. The van der Waals surface area contributed by atoms with Crippen LogP contribution in [0.4, 0.5) is 5.82 Å². The molecule has 0 aromatic carbocycles. The van der Waals surface area contributed by atoms with Gasteiger partial charge in [0.2, 0.25) is 5.91 Å². The second-order valence-electron chi connectivity index (χ2n) is 4.06. The van der Waals surface area contributed by atoms with Gasteiger partial charge in [0.25, 0.3) is 0 Å². The van der Waals surface area contributed by atoms with E-state index in [9.17, 15) is 4.79 Å². The SMILES string of the molecule is CC(C(=O)Nc1ccc(Cl)cn1)C1CNC1. The largest absolute Gasteiger partial charge is 0.316 e. The van der Waals surface area contributed by atoms with Gasteiger partial charge in [0.1, 0.15) is 5.82 Å². The van der Waals surface area contributed by atoms with Crippen LogP contribution in [0.25, 0.3) is 0 Å². The average molecular weight is 240 g/mol. The van der Waals surface area contributed by atoms with Crippen LogP contribution in [0.2, 0.25) is 5.02 Å². The van der Waals surface area contributed by atoms with Crippen LogP contribution in [0.5, 0.6) is 0 Å². The quantitative estimate of drug-likeness (QED) is 0.841. The summed E-state index contributed by atoms with van der Waals surface area (Å²) in [6.45, 7) is 3.78. The van der Waals surface area contributed by atoms with Crippen LogP contribution in [-0.2, 0) is 4.79 Å². The second-order valence-corrected chi connectivity index (χ2v) is 4.49. The maximum Gasteiger partial charge on any atom is 0.228 e. The molecule has 0 spiro atoms. The molecular weight excluding hydrogens is 226 g/mol. The summed E-state index contributed by atoms with van der Waals surface area (Å²) >= 11 is 5.71. The minimum atomic E-state index is 0.0127. The van der Waals surface area contributed by atoms with Crippen molar-refractivity contribution in [1.82, 2.24) is 10.3 Å². The van der Waals surface area contributed by atoms with Crippen molar-refractivity contribution in [2.75, 3.05) is 18.4 Å². The second kappa shape index (κ2) is 4.80. The van der Waals surface area contributed by atoms with Crippen molar-refractivity contribution in [3.8, 4) is 0 Å². The molecule has 1 unspecified atom stereocenters. The Morgan fingerprint density at radius 1 is 1.62 bits per heavy atom. The highest BCUT2D eigenvalue weighted by atomic mass is 35.5. The van der Waals surface area contributed by atoms with Gasteiger partial charge < -0.3 is 10.6 Å². The Morgan fingerprint density at radius 2 is 2.38 bits per heavy atom. The lowest BCUT2D eigenvalue weighted by molar-refractivity contribution is -0.121. The lowest BCUT2D eigenvalue weighted by Crippen LogP contribution is -2.48. The van der Waals surface area contributed by atoms with E-state index in [1.54, 1.807) is 12.1 Å². The van der Waals surface area contributed by atoms with Crippen LogP contribution >= 0.6 is 11.6 Å². The van der Waals surface area contributed by atoms with E-state index in [1.807, 2.05) is 6.92 Å². The van der Waals surface area contributed by atoms with E-state index in [1.165, 1.54) is 6.20 Å². The van der Waals surface area contributed by atoms with Crippen molar-refractivity contribution in [3.05, 3.63) is 23.4 Å². The molecule has 1 aromatic heterocycles. The molecule has 2 heterocycles. The molecule has 1 saturated heterocycles. The van der Waals surface area contributed by atoms with Crippen molar-refractivity contribution in [2.24, 2.45) is 11.8 Å². The van der Waals surface area contributed by atoms with E-state index in [4.69, 9.17) is 11.6 Å². The van der Waals surface area contributed by atoms with Crippen LogP contribution in [0.15, 0.2) is 18.3 Å². The van der Waals surface area contributed by atoms with Crippen LogP contribution < -0.4 is 10.6 Å². The zero-order valence-corrected chi connectivity index (χ0v) is 9.79. The minimum Gasteiger partial charge on any atom is -0.316 e. The van der Waals surface area contributed by atoms with Gasteiger partial charge in [0, 0.05) is 12.1 Å². The number of rotatable bonds is 3. The summed E-state index contributed by atoms with van der Waals surface area (Å²) in [5, 5.41) is 6.50. The molecule has 1 aliphatic rings. The number of halogens is 1. The van der Waals surface area contributed by atoms with E-state index >= 15 is 0 Å². The number of aromatic nitrogens is 1. The summed E-state index contributed by atoms with van der Waals surface area (Å²) < 4.78 is 0. The van der Waals surface area contributed by atoms with E-state index in [0.29, 0.717) is 16.8 Å². The minimum absolute atomic E-state index is 0.0127.